The Hall–Kier alpha value is -1.70. The molecule has 0 aliphatic carbocycles. The van der Waals surface area contributed by atoms with Gasteiger partial charge in [0.25, 0.3) is 11.6 Å². The minimum Gasteiger partial charge on any atom is -1.00 e. The van der Waals surface area contributed by atoms with Crippen LogP contribution in [-0.4, -0.2) is 40.6 Å². The minimum atomic E-state index is -0.432. The third kappa shape index (κ3) is 6.23. The van der Waals surface area contributed by atoms with Crippen LogP contribution in [0.25, 0.3) is 0 Å². The molecule has 0 unspecified atom stereocenters. The molecule has 0 aliphatic rings. The fourth-order valence-electron chi connectivity index (χ4n) is 2.38. The maximum Gasteiger partial charge on any atom is 0.269 e. The van der Waals surface area contributed by atoms with E-state index in [1.165, 1.54) is 12.1 Å². The fraction of sp³-hybridized carbons (Fsp3) is 0.294. The Morgan fingerprint density at radius 3 is 2.27 bits per heavy atom. The Bertz CT molecular complexity index is 738. The third-order valence-corrected chi connectivity index (χ3v) is 3.95. The Labute approximate surface area is 172 Å². The number of hydrogen-bond acceptors (Lipinski definition) is 3. The first-order valence-electron chi connectivity index (χ1n) is 7.69. The van der Waals surface area contributed by atoms with Gasteiger partial charge in [-0.2, -0.15) is 4.57 Å². The predicted octanol–water partition coefficient (Wildman–Crippen LogP) is -0.146. The zero-order valence-corrected chi connectivity index (χ0v) is 17.0. The molecule has 0 spiro atoms. The van der Waals surface area contributed by atoms with Crippen LogP contribution >= 0.6 is 23.2 Å². The number of rotatable bonds is 8. The molecular formula is C17H18BrCl2N3O3. The number of carbonyl (C=O) groups is 1. The van der Waals surface area contributed by atoms with Crippen LogP contribution in [0, 0.1) is 10.1 Å². The lowest BCUT2D eigenvalue weighted by Gasteiger charge is -2.19. The molecule has 2 aromatic rings. The smallest absolute Gasteiger partial charge is 0.269 e. The van der Waals surface area contributed by atoms with E-state index in [1.54, 1.807) is 35.4 Å². The maximum atomic E-state index is 12.6. The van der Waals surface area contributed by atoms with E-state index in [-0.39, 0.29) is 28.6 Å². The van der Waals surface area contributed by atoms with Gasteiger partial charge in [-0.3, -0.25) is 14.9 Å². The first-order valence-corrected chi connectivity index (χ1v) is 8.75. The molecule has 9 heteroatoms. The summed E-state index contributed by atoms with van der Waals surface area (Å²) in [6, 6.07) is 9.86. The number of non-ortho nitro benzene ring substituents is 1. The van der Waals surface area contributed by atoms with E-state index in [2.05, 4.69) is 0 Å². The van der Waals surface area contributed by atoms with Gasteiger partial charge in [0.2, 0.25) is 0 Å². The molecule has 0 saturated heterocycles. The Balaban J connectivity index is 0.00000338. The molecular weight excluding hydrogens is 445 g/mol. The van der Waals surface area contributed by atoms with Crippen molar-refractivity contribution in [1.82, 2.24) is 4.90 Å². The van der Waals surface area contributed by atoms with Crippen LogP contribution in [-0.2, 0) is 6.54 Å². The molecule has 1 aromatic carbocycles. The van der Waals surface area contributed by atoms with Crippen LogP contribution < -0.4 is 21.5 Å². The fourth-order valence-corrected chi connectivity index (χ4v) is 2.79. The summed E-state index contributed by atoms with van der Waals surface area (Å²) >= 11 is 11.5. The summed E-state index contributed by atoms with van der Waals surface area (Å²) in [4.78, 5) is 24.5. The highest BCUT2D eigenvalue weighted by Crippen LogP contribution is 2.12. The monoisotopic (exact) mass is 461 g/mol. The Morgan fingerprint density at radius 2 is 1.73 bits per heavy atom. The van der Waals surface area contributed by atoms with E-state index in [1.807, 2.05) is 10.8 Å². The van der Waals surface area contributed by atoms with Crippen LogP contribution in [0.2, 0.25) is 0 Å². The zero-order chi connectivity index (χ0) is 18.2. The number of aromatic nitrogens is 1. The highest BCUT2D eigenvalue weighted by Gasteiger charge is 2.18. The van der Waals surface area contributed by atoms with Crippen LogP contribution in [0.3, 0.4) is 0 Å². The second-order valence-corrected chi connectivity index (χ2v) is 6.11. The second-order valence-electron chi connectivity index (χ2n) is 5.36. The molecule has 0 radical (unpaired) electrons. The SMILES string of the molecule is O=C(c1ccc[n+](Cc2ccc([N+](=O)[O-])cc2)c1)N(CCCl)CCCl.[Br-]. The van der Waals surface area contributed by atoms with Gasteiger partial charge in [0.05, 0.1) is 4.92 Å². The first-order chi connectivity index (χ1) is 12.0. The lowest BCUT2D eigenvalue weighted by Crippen LogP contribution is -3.00. The Kier molecular flexibility index (Phi) is 9.54. The summed E-state index contributed by atoms with van der Waals surface area (Å²) in [7, 11) is 0. The highest BCUT2D eigenvalue weighted by molar-refractivity contribution is 6.18. The number of alkyl halides is 2. The maximum absolute atomic E-state index is 12.6. The molecule has 140 valence electrons. The summed E-state index contributed by atoms with van der Waals surface area (Å²) in [6.07, 6.45) is 3.59. The molecule has 0 aliphatic heterocycles. The van der Waals surface area contributed by atoms with Gasteiger partial charge in [-0.25, -0.2) is 0 Å². The summed E-state index contributed by atoms with van der Waals surface area (Å²) < 4.78 is 1.86. The van der Waals surface area contributed by atoms with Crippen molar-refractivity contribution in [1.29, 1.82) is 0 Å². The zero-order valence-electron chi connectivity index (χ0n) is 13.9. The quantitative estimate of drug-likeness (QED) is 0.237. The van der Waals surface area contributed by atoms with Gasteiger partial charge in [0, 0.05) is 48.6 Å². The van der Waals surface area contributed by atoms with Crippen molar-refractivity contribution < 1.29 is 31.3 Å². The van der Waals surface area contributed by atoms with Gasteiger partial charge in [-0.05, 0) is 18.2 Å². The second kappa shape index (κ2) is 11.1. The van der Waals surface area contributed by atoms with Crippen molar-refractivity contribution >= 4 is 34.8 Å². The first kappa shape index (κ1) is 22.3. The Morgan fingerprint density at radius 1 is 1.12 bits per heavy atom. The van der Waals surface area contributed by atoms with E-state index >= 15 is 0 Å². The molecule has 1 aromatic heterocycles. The van der Waals surface area contributed by atoms with Gasteiger partial charge in [-0.15, -0.1) is 23.2 Å². The van der Waals surface area contributed by atoms with Crippen molar-refractivity contribution in [2.24, 2.45) is 0 Å². The molecule has 0 fully saturated rings. The average molecular weight is 463 g/mol. The summed E-state index contributed by atoms with van der Waals surface area (Å²) in [5.74, 6) is 0.565. The lowest BCUT2D eigenvalue weighted by atomic mass is 10.2. The topological polar surface area (TPSA) is 67.3 Å². The number of carbonyl (C=O) groups excluding carboxylic acids is 1. The molecule has 6 nitrogen and oxygen atoms in total. The molecule has 1 amide bonds. The van der Waals surface area contributed by atoms with E-state index in [9.17, 15) is 14.9 Å². The van der Waals surface area contributed by atoms with Crippen LogP contribution in [0.1, 0.15) is 15.9 Å². The number of amides is 1. The largest absolute Gasteiger partial charge is 1.00 e. The highest BCUT2D eigenvalue weighted by atomic mass is 79.9. The molecule has 1 heterocycles. The minimum absolute atomic E-state index is 0. The molecule has 2 rings (SSSR count). The van der Waals surface area contributed by atoms with Gasteiger partial charge in [0.15, 0.2) is 18.9 Å². The van der Waals surface area contributed by atoms with Crippen LogP contribution in [0.5, 0.6) is 0 Å². The number of pyridine rings is 1. The van der Waals surface area contributed by atoms with Crippen LogP contribution in [0.15, 0.2) is 48.8 Å². The molecule has 0 bridgehead atoms. The van der Waals surface area contributed by atoms with Gasteiger partial charge in [0.1, 0.15) is 5.56 Å². The molecule has 0 atom stereocenters. The van der Waals surface area contributed by atoms with E-state index in [0.29, 0.717) is 37.0 Å². The van der Waals surface area contributed by atoms with Crippen molar-refractivity contribution in [2.45, 2.75) is 6.54 Å². The van der Waals surface area contributed by atoms with Crippen molar-refractivity contribution in [3.05, 3.63) is 70.0 Å². The third-order valence-electron chi connectivity index (χ3n) is 3.61. The molecule has 26 heavy (non-hydrogen) atoms. The normalized spacial score (nSPS) is 10.1. The van der Waals surface area contributed by atoms with E-state index in [4.69, 9.17) is 23.2 Å². The number of nitrogens with zero attached hydrogens (tertiary/aromatic N) is 3. The predicted molar refractivity (Wildman–Crippen MR) is 96.2 cm³/mol. The van der Waals surface area contributed by atoms with Crippen molar-refractivity contribution in [3.63, 3.8) is 0 Å². The van der Waals surface area contributed by atoms with Crippen molar-refractivity contribution in [2.75, 3.05) is 24.8 Å². The molecule has 0 saturated carbocycles. The summed E-state index contributed by atoms with van der Waals surface area (Å²) in [5, 5.41) is 10.7. The van der Waals surface area contributed by atoms with Gasteiger partial charge in [-0.1, -0.05) is 0 Å². The summed E-state index contributed by atoms with van der Waals surface area (Å²) in [6.45, 7) is 1.37. The summed E-state index contributed by atoms with van der Waals surface area (Å²) in [5.41, 5.74) is 1.49. The number of benzene rings is 1. The van der Waals surface area contributed by atoms with Gasteiger partial charge >= 0.3 is 0 Å². The molecule has 0 N–H and O–H groups in total. The van der Waals surface area contributed by atoms with E-state index in [0.717, 1.165) is 5.56 Å². The standard InChI is InChI=1S/C17H18Cl2N3O3.BrH/c18-7-10-21(11-8-19)17(23)15-2-1-9-20(13-15)12-14-3-5-16(6-4-14)22(24)25;/h1-6,9,13H,7-8,10-12H2;1H/q+1;/p-1. The van der Waals surface area contributed by atoms with Gasteiger partial charge < -0.3 is 21.9 Å². The lowest BCUT2D eigenvalue weighted by molar-refractivity contribution is -0.688. The number of nitro benzene ring substituents is 1. The van der Waals surface area contributed by atoms with Crippen LogP contribution in [0.4, 0.5) is 5.69 Å². The number of hydrogen-bond donors (Lipinski definition) is 0. The average Bonchev–Trinajstić information content (AvgIpc) is 2.61. The number of halogens is 3. The number of nitro groups is 1. The van der Waals surface area contributed by atoms with Crippen molar-refractivity contribution in [3.8, 4) is 0 Å². The van der Waals surface area contributed by atoms with E-state index < -0.39 is 4.92 Å².